The van der Waals surface area contributed by atoms with Crippen LogP contribution in [0.3, 0.4) is 0 Å². The molecule has 4 N–H and O–H groups in total. The van der Waals surface area contributed by atoms with Crippen LogP contribution in [-0.2, 0) is 4.79 Å². The summed E-state index contributed by atoms with van der Waals surface area (Å²) in [6.45, 7) is 3.09. The van der Waals surface area contributed by atoms with Gasteiger partial charge in [-0.1, -0.05) is 35.5 Å². The van der Waals surface area contributed by atoms with Gasteiger partial charge in [-0.05, 0) is 13.8 Å². The Kier molecular flexibility index (Phi) is 4.57. The standard InChI is InChI=1S/C15H16N4O3/c1-9-8-12(19-22-9)17-15(21)13(10(2)20)14(18-16)11-6-4-3-5-7-11/h3-8,20H,16H2,1-2H3,(H,17,19,21). The fraction of sp³-hybridized carbons (Fsp3) is 0.133. The number of nitrogens with zero attached hydrogens (tertiary/aromatic N) is 2. The zero-order valence-electron chi connectivity index (χ0n) is 12.2. The van der Waals surface area contributed by atoms with E-state index in [0.29, 0.717) is 11.3 Å². The Labute approximate surface area is 127 Å². The number of nitrogens with one attached hydrogen (secondary N) is 1. The molecule has 0 aliphatic carbocycles. The van der Waals surface area contributed by atoms with Crippen molar-refractivity contribution in [2.45, 2.75) is 13.8 Å². The molecule has 22 heavy (non-hydrogen) atoms. The molecule has 2 aromatic rings. The molecule has 0 spiro atoms. The number of rotatable bonds is 4. The highest BCUT2D eigenvalue weighted by atomic mass is 16.5. The molecule has 2 rings (SSSR count). The number of amides is 1. The van der Waals surface area contributed by atoms with Crippen LogP contribution in [-0.4, -0.2) is 21.9 Å². The summed E-state index contributed by atoms with van der Waals surface area (Å²) >= 11 is 0. The summed E-state index contributed by atoms with van der Waals surface area (Å²) in [7, 11) is 0. The van der Waals surface area contributed by atoms with Gasteiger partial charge in [0.25, 0.3) is 5.91 Å². The lowest BCUT2D eigenvalue weighted by Gasteiger charge is -2.10. The van der Waals surface area contributed by atoms with Crippen LogP contribution in [0.5, 0.6) is 0 Å². The van der Waals surface area contributed by atoms with E-state index in [0.717, 1.165) is 0 Å². The SMILES string of the molecule is CC(O)=C(C(=O)Nc1cc(C)on1)C(=NN)c1ccccc1. The number of nitrogens with two attached hydrogens (primary N) is 1. The predicted octanol–water partition coefficient (Wildman–Crippen LogP) is 2.12. The first-order valence-electron chi connectivity index (χ1n) is 6.51. The first kappa shape index (κ1) is 15.3. The lowest BCUT2D eigenvalue weighted by molar-refractivity contribution is -0.112. The van der Waals surface area contributed by atoms with Crippen LogP contribution in [0.2, 0.25) is 0 Å². The molecule has 114 valence electrons. The zero-order valence-corrected chi connectivity index (χ0v) is 12.2. The van der Waals surface area contributed by atoms with Crippen molar-refractivity contribution in [2.75, 3.05) is 5.32 Å². The van der Waals surface area contributed by atoms with Gasteiger partial charge in [0, 0.05) is 11.6 Å². The van der Waals surface area contributed by atoms with Gasteiger partial charge >= 0.3 is 0 Å². The molecule has 7 heteroatoms. The van der Waals surface area contributed by atoms with E-state index in [9.17, 15) is 9.90 Å². The summed E-state index contributed by atoms with van der Waals surface area (Å²) in [5, 5.41) is 19.7. The van der Waals surface area contributed by atoms with Crippen molar-refractivity contribution >= 4 is 17.4 Å². The Bertz CT molecular complexity index is 728. The molecule has 1 aromatic carbocycles. The van der Waals surface area contributed by atoms with Crippen molar-refractivity contribution in [2.24, 2.45) is 10.9 Å². The molecular formula is C15H16N4O3. The number of carbonyl (C=O) groups is 1. The van der Waals surface area contributed by atoms with E-state index in [1.807, 2.05) is 6.07 Å². The third-order valence-electron chi connectivity index (χ3n) is 2.87. The molecule has 0 saturated heterocycles. The smallest absolute Gasteiger partial charge is 0.262 e. The minimum Gasteiger partial charge on any atom is -0.512 e. The molecule has 0 aliphatic rings. The fourth-order valence-electron chi connectivity index (χ4n) is 1.93. The first-order valence-corrected chi connectivity index (χ1v) is 6.51. The van der Waals surface area contributed by atoms with Crippen molar-refractivity contribution in [3.8, 4) is 0 Å². The minimum absolute atomic E-state index is 0.0330. The molecule has 0 atom stereocenters. The van der Waals surface area contributed by atoms with Crippen LogP contribution >= 0.6 is 0 Å². The summed E-state index contributed by atoms with van der Waals surface area (Å²) in [6.07, 6.45) is 0. The summed E-state index contributed by atoms with van der Waals surface area (Å²) in [4.78, 5) is 12.4. The normalized spacial score (nSPS) is 12.7. The first-order chi connectivity index (χ1) is 10.5. The Balaban J connectivity index is 2.34. The second-order valence-corrected chi connectivity index (χ2v) is 4.58. The van der Waals surface area contributed by atoms with Crippen molar-refractivity contribution < 1.29 is 14.4 Å². The number of hydrogen-bond donors (Lipinski definition) is 3. The molecule has 0 saturated carbocycles. The maximum atomic E-state index is 12.4. The van der Waals surface area contributed by atoms with E-state index in [1.165, 1.54) is 6.92 Å². The van der Waals surface area contributed by atoms with E-state index < -0.39 is 5.91 Å². The molecule has 0 radical (unpaired) electrons. The lowest BCUT2D eigenvalue weighted by atomic mass is 10.0. The van der Waals surface area contributed by atoms with Gasteiger partial charge in [0.15, 0.2) is 5.82 Å². The largest absolute Gasteiger partial charge is 0.512 e. The summed E-state index contributed by atoms with van der Waals surface area (Å²) in [5.41, 5.74) is 0.757. The zero-order chi connectivity index (χ0) is 16.1. The molecule has 0 bridgehead atoms. The summed E-state index contributed by atoms with van der Waals surface area (Å²) in [6, 6.07) is 10.4. The Morgan fingerprint density at radius 1 is 1.36 bits per heavy atom. The highest BCUT2D eigenvalue weighted by Crippen LogP contribution is 2.15. The van der Waals surface area contributed by atoms with Crippen molar-refractivity contribution in [1.29, 1.82) is 0 Å². The van der Waals surface area contributed by atoms with Gasteiger partial charge in [-0.3, -0.25) is 4.79 Å². The number of aromatic nitrogens is 1. The van der Waals surface area contributed by atoms with E-state index >= 15 is 0 Å². The molecule has 0 unspecified atom stereocenters. The number of aliphatic hydroxyl groups excluding tert-OH is 1. The fourth-order valence-corrected chi connectivity index (χ4v) is 1.93. The molecular weight excluding hydrogens is 284 g/mol. The van der Waals surface area contributed by atoms with Gasteiger partial charge < -0.3 is 20.8 Å². The average Bonchev–Trinajstić information content (AvgIpc) is 2.90. The maximum Gasteiger partial charge on any atom is 0.262 e. The van der Waals surface area contributed by atoms with Gasteiger partial charge in [0.2, 0.25) is 0 Å². The minimum atomic E-state index is -0.582. The van der Waals surface area contributed by atoms with Crippen LogP contribution in [0.25, 0.3) is 0 Å². The number of aryl methyl sites for hydroxylation is 1. The number of allylic oxidation sites excluding steroid dienone is 1. The van der Waals surface area contributed by atoms with Crippen LogP contribution in [0.1, 0.15) is 18.2 Å². The number of aliphatic hydroxyl groups is 1. The number of carbonyl (C=O) groups excluding carboxylic acids is 1. The van der Waals surface area contributed by atoms with Crippen LogP contribution in [0, 0.1) is 6.92 Å². The van der Waals surface area contributed by atoms with Gasteiger partial charge in [-0.25, -0.2) is 0 Å². The second kappa shape index (κ2) is 6.57. The number of hydrazone groups is 1. The average molecular weight is 300 g/mol. The maximum absolute atomic E-state index is 12.4. The Morgan fingerprint density at radius 2 is 2.05 bits per heavy atom. The third kappa shape index (κ3) is 3.32. The van der Waals surface area contributed by atoms with Crippen molar-refractivity contribution in [3.05, 3.63) is 59.1 Å². The van der Waals surface area contributed by atoms with E-state index in [2.05, 4.69) is 15.6 Å². The third-order valence-corrected chi connectivity index (χ3v) is 2.87. The molecule has 0 aliphatic heterocycles. The van der Waals surface area contributed by atoms with E-state index in [-0.39, 0.29) is 22.9 Å². The Morgan fingerprint density at radius 3 is 2.55 bits per heavy atom. The van der Waals surface area contributed by atoms with Crippen LogP contribution < -0.4 is 11.2 Å². The van der Waals surface area contributed by atoms with Crippen molar-refractivity contribution in [1.82, 2.24) is 5.16 Å². The number of anilines is 1. The van der Waals surface area contributed by atoms with Gasteiger partial charge in [0.1, 0.15) is 22.8 Å². The van der Waals surface area contributed by atoms with E-state index in [4.69, 9.17) is 10.4 Å². The summed E-state index contributed by atoms with van der Waals surface area (Å²) < 4.78 is 4.88. The molecule has 0 fully saturated rings. The quantitative estimate of drug-likeness (QED) is 0.263. The molecule has 1 amide bonds. The number of benzene rings is 1. The molecule has 1 aromatic heterocycles. The topological polar surface area (TPSA) is 114 Å². The summed E-state index contributed by atoms with van der Waals surface area (Å²) in [5.74, 6) is 5.42. The van der Waals surface area contributed by atoms with E-state index in [1.54, 1.807) is 37.3 Å². The highest BCUT2D eigenvalue weighted by molar-refractivity contribution is 6.30. The molecule has 7 nitrogen and oxygen atoms in total. The Hall–Kier alpha value is -3.09. The van der Waals surface area contributed by atoms with Crippen LogP contribution in [0.15, 0.2) is 57.4 Å². The van der Waals surface area contributed by atoms with Gasteiger partial charge in [-0.15, -0.1) is 0 Å². The lowest BCUT2D eigenvalue weighted by Crippen LogP contribution is -2.24. The monoisotopic (exact) mass is 300 g/mol. The predicted molar refractivity (Wildman–Crippen MR) is 82.4 cm³/mol. The highest BCUT2D eigenvalue weighted by Gasteiger charge is 2.22. The van der Waals surface area contributed by atoms with Gasteiger partial charge in [0.05, 0.1) is 0 Å². The van der Waals surface area contributed by atoms with Crippen LogP contribution in [0.4, 0.5) is 5.82 Å². The number of hydrogen-bond acceptors (Lipinski definition) is 6. The van der Waals surface area contributed by atoms with Crippen molar-refractivity contribution in [3.63, 3.8) is 0 Å². The second-order valence-electron chi connectivity index (χ2n) is 4.58. The van der Waals surface area contributed by atoms with Gasteiger partial charge in [-0.2, -0.15) is 5.10 Å². The molecule has 1 heterocycles.